The molecule has 0 unspecified atom stereocenters. The predicted molar refractivity (Wildman–Crippen MR) is 76.2 cm³/mol. The zero-order valence-electron chi connectivity index (χ0n) is 10.7. The van der Waals surface area contributed by atoms with Gasteiger partial charge in [0.25, 0.3) is 0 Å². The summed E-state index contributed by atoms with van der Waals surface area (Å²) in [7, 11) is 1.60. The number of hydrogen-bond acceptors (Lipinski definition) is 3. The largest absolute Gasteiger partial charge is 0.503 e. The Morgan fingerprint density at radius 1 is 1.33 bits per heavy atom. The maximum absolute atomic E-state index is 10.1. The number of nitrogens with two attached hydrogens (primary N) is 1. The lowest BCUT2D eigenvalue weighted by molar-refractivity contribution is 0.282. The number of aromatic hydroxyl groups is 1. The van der Waals surface area contributed by atoms with Crippen LogP contribution in [0.3, 0.4) is 0 Å². The fraction of sp³-hybridized carbons (Fsp3) is 0.571. The maximum Gasteiger partial charge on any atom is 0.172 e. The Hall–Kier alpha value is -0.740. The molecule has 1 aliphatic carbocycles. The molecule has 1 aliphatic rings. The van der Waals surface area contributed by atoms with E-state index in [0.29, 0.717) is 16.8 Å². The van der Waals surface area contributed by atoms with Crippen molar-refractivity contribution in [3.05, 3.63) is 22.2 Å². The third-order valence-electron chi connectivity index (χ3n) is 4.06. The molecule has 0 aromatic heterocycles. The molecule has 0 heterocycles. The molecule has 0 amide bonds. The van der Waals surface area contributed by atoms with Crippen LogP contribution in [0, 0.1) is 0 Å². The molecule has 100 valence electrons. The number of halogens is 1. The highest BCUT2D eigenvalue weighted by atomic mass is 79.9. The average Bonchev–Trinajstić information content (AvgIpc) is 2.42. The number of hydrogen-bond donors (Lipinski definition) is 2. The molecule has 0 spiro atoms. The van der Waals surface area contributed by atoms with Gasteiger partial charge in [-0.1, -0.05) is 25.3 Å². The van der Waals surface area contributed by atoms with Crippen molar-refractivity contribution in [3.63, 3.8) is 0 Å². The van der Waals surface area contributed by atoms with Crippen molar-refractivity contribution in [1.29, 1.82) is 0 Å². The van der Waals surface area contributed by atoms with Gasteiger partial charge < -0.3 is 15.6 Å². The Balaban J connectivity index is 2.51. The molecule has 0 radical (unpaired) electrons. The average molecular weight is 314 g/mol. The maximum atomic E-state index is 10.1. The predicted octanol–water partition coefficient (Wildman–Crippen LogP) is 3.32. The lowest BCUT2D eigenvalue weighted by atomic mass is 9.69. The molecule has 1 aromatic rings. The molecular formula is C14H20BrNO2. The minimum Gasteiger partial charge on any atom is -0.503 e. The smallest absolute Gasteiger partial charge is 0.172 e. The van der Waals surface area contributed by atoms with Crippen LogP contribution in [0.1, 0.15) is 37.7 Å². The van der Waals surface area contributed by atoms with E-state index in [4.69, 9.17) is 10.5 Å². The first kappa shape index (κ1) is 13.7. The minimum absolute atomic E-state index is 0.0399. The molecule has 3 nitrogen and oxygen atoms in total. The van der Waals surface area contributed by atoms with Gasteiger partial charge in [-0.15, -0.1) is 0 Å². The Labute approximate surface area is 116 Å². The lowest BCUT2D eigenvalue weighted by Gasteiger charge is -2.37. The number of phenolic OH excluding ortho intramolecular Hbond substituents is 1. The summed E-state index contributed by atoms with van der Waals surface area (Å²) >= 11 is 3.32. The second-order valence-corrected chi connectivity index (χ2v) is 5.88. The van der Waals surface area contributed by atoms with Gasteiger partial charge in [-0.25, -0.2) is 0 Å². The van der Waals surface area contributed by atoms with Gasteiger partial charge in [-0.3, -0.25) is 0 Å². The van der Waals surface area contributed by atoms with Crippen molar-refractivity contribution in [2.75, 3.05) is 13.7 Å². The third kappa shape index (κ3) is 2.24. The first-order chi connectivity index (χ1) is 8.64. The highest BCUT2D eigenvalue weighted by Gasteiger charge is 2.36. The van der Waals surface area contributed by atoms with Gasteiger partial charge in [0.15, 0.2) is 11.5 Å². The second kappa shape index (κ2) is 5.49. The van der Waals surface area contributed by atoms with E-state index in [9.17, 15) is 5.11 Å². The monoisotopic (exact) mass is 313 g/mol. The summed E-state index contributed by atoms with van der Waals surface area (Å²) in [6.07, 6.45) is 5.79. The van der Waals surface area contributed by atoms with Gasteiger partial charge in [-0.05, 0) is 34.8 Å². The van der Waals surface area contributed by atoms with E-state index in [-0.39, 0.29) is 11.2 Å². The summed E-state index contributed by atoms with van der Waals surface area (Å²) in [6, 6.07) is 3.90. The molecule has 0 bridgehead atoms. The van der Waals surface area contributed by atoms with Crippen LogP contribution in [-0.2, 0) is 5.41 Å². The minimum atomic E-state index is -0.0399. The topological polar surface area (TPSA) is 55.5 Å². The summed E-state index contributed by atoms with van der Waals surface area (Å²) in [5.41, 5.74) is 7.04. The van der Waals surface area contributed by atoms with E-state index < -0.39 is 0 Å². The SMILES string of the molecule is COc1c(C2(CN)CCCCC2)ccc(Br)c1O. The van der Waals surface area contributed by atoms with Gasteiger partial charge in [0.1, 0.15) is 0 Å². The molecule has 1 aromatic carbocycles. The number of rotatable bonds is 3. The zero-order chi connectivity index (χ0) is 13.2. The number of benzene rings is 1. The van der Waals surface area contributed by atoms with Crippen molar-refractivity contribution in [1.82, 2.24) is 0 Å². The molecule has 18 heavy (non-hydrogen) atoms. The van der Waals surface area contributed by atoms with E-state index in [0.717, 1.165) is 18.4 Å². The van der Waals surface area contributed by atoms with Crippen molar-refractivity contribution >= 4 is 15.9 Å². The molecular weight excluding hydrogens is 294 g/mol. The third-order valence-corrected chi connectivity index (χ3v) is 4.70. The molecule has 0 aliphatic heterocycles. The van der Waals surface area contributed by atoms with Gasteiger partial charge in [-0.2, -0.15) is 0 Å². The van der Waals surface area contributed by atoms with Crippen LogP contribution in [0.2, 0.25) is 0 Å². The first-order valence-electron chi connectivity index (χ1n) is 6.40. The van der Waals surface area contributed by atoms with E-state index in [1.807, 2.05) is 12.1 Å². The van der Waals surface area contributed by atoms with Crippen LogP contribution in [0.4, 0.5) is 0 Å². The Bertz CT molecular complexity index is 428. The van der Waals surface area contributed by atoms with Crippen molar-refractivity contribution in [2.24, 2.45) is 5.73 Å². The van der Waals surface area contributed by atoms with E-state index in [1.54, 1.807) is 7.11 Å². The molecule has 2 rings (SSSR count). The molecule has 0 atom stereocenters. The van der Waals surface area contributed by atoms with Crippen molar-refractivity contribution in [3.8, 4) is 11.5 Å². The van der Waals surface area contributed by atoms with Crippen LogP contribution in [0.5, 0.6) is 11.5 Å². The Morgan fingerprint density at radius 2 is 2.00 bits per heavy atom. The highest BCUT2D eigenvalue weighted by Crippen LogP contribution is 2.47. The normalized spacial score (nSPS) is 18.6. The second-order valence-electron chi connectivity index (χ2n) is 5.02. The molecule has 4 heteroatoms. The van der Waals surface area contributed by atoms with E-state index in [2.05, 4.69) is 15.9 Å². The van der Waals surface area contributed by atoms with Gasteiger partial charge in [0.2, 0.25) is 0 Å². The van der Waals surface area contributed by atoms with Gasteiger partial charge >= 0.3 is 0 Å². The van der Waals surface area contributed by atoms with Crippen LogP contribution in [-0.4, -0.2) is 18.8 Å². The fourth-order valence-corrected chi connectivity index (χ4v) is 3.30. The van der Waals surface area contributed by atoms with E-state index >= 15 is 0 Å². The summed E-state index contributed by atoms with van der Waals surface area (Å²) < 4.78 is 6.06. The Morgan fingerprint density at radius 3 is 2.56 bits per heavy atom. The lowest BCUT2D eigenvalue weighted by Crippen LogP contribution is -2.37. The number of phenols is 1. The number of methoxy groups -OCH3 is 1. The number of ether oxygens (including phenoxy) is 1. The molecule has 1 saturated carbocycles. The first-order valence-corrected chi connectivity index (χ1v) is 7.20. The van der Waals surface area contributed by atoms with Crippen molar-refractivity contribution in [2.45, 2.75) is 37.5 Å². The van der Waals surface area contributed by atoms with Crippen molar-refractivity contribution < 1.29 is 9.84 Å². The summed E-state index contributed by atoms with van der Waals surface area (Å²) in [5, 5.41) is 10.1. The summed E-state index contributed by atoms with van der Waals surface area (Å²) in [4.78, 5) is 0. The highest BCUT2D eigenvalue weighted by molar-refractivity contribution is 9.10. The van der Waals surface area contributed by atoms with Crippen LogP contribution >= 0.6 is 15.9 Å². The van der Waals surface area contributed by atoms with Crippen LogP contribution in [0.15, 0.2) is 16.6 Å². The quantitative estimate of drug-likeness (QED) is 0.900. The molecule has 3 N–H and O–H groups in total. The van der Waals surface area contributed by atoms with Gasteiger partial charge in [0.05, 0.1) is 11.6 Å². The Kier molecular flexibility index (Phi) is 4.17. The fourth-order valence-electron chi connectivity index (χ4n) is 2.98. The van der Waals surface area contributed by atoms with Crippen LogP contribution in [0.25, 0.3) is 0 Å². The zero-order valence-corrected chi connectivity index (χ0v) is 12.3. The molecule has 0 saturated heterocycles. The van der Waals surface area contributed by atoms with Crippen LogP contribution < -0.4 is 10.5 Å². The summed E-state index contributed by atoms with van der Waals surface area (Å²) in [5.74, 6) is 0.741. The molecule has 1 fully saturated rings. The van der Waals surface area contributed by atoms with E-state index in [1.165, 1.54) is 19.3 Å². The standard InChI is InChI=1S/C14H20BrNO2/c1-18-13-10(5-6-11(15)12(13)17)14(9-16)7-3-2-4-8-14/h5-6,17H,2-4,7-9,16H2,1H3. The van der Waals surface area contributed by atoms with Gasteiger partial charge in [0, 0.05) is 17.5 Å². The summed E-state index contributed by atoms with van der Waals surface area (Å²) in [6.45, 7) is 0.602.